The summed E-state index contributed by atoms with van der Waals surface area (Å²) in [5.74, 6) is 1.51. The Labute approximate surface area is 148 Å². The quantitative estimate of drug-likeness (QED) is 0.924. The molecule has 1 atom stereocenters. The number of hydrogen-bond acceptors (Lipinski definition) is 4. The molecule has 6 heteroatoms. The first kappa shape index (κ1) is 17.4. The van der Waals surface area contributed by atoms with Gasteiger partial charge in [-0.15, -0.1) is 0 Å². The number of anilines is 1. The van der Waals surface area contributed by atoms with Gasteiger partial charge in [0.2, 0.25) is 0 Å². The molecule has 1 N–H and O–H groups in total. The van der Waals surface area contributed by atoms with E-state index in [0.717, 1.165) is 43.3 Å². The highest BCUT2D eigenvalue weighted by molar-refractivity contribution is 5.89. The van der Waals surface area contributed by atoms with E-state index in [2.05, 4.69) is 24.2 Å². The lowest BCUT2D eigenvalue weighted by Gasteiger charge is -2.28. The standard InChI is InChI=1S/C19H25N3O3/c1-15-13-21(2)10-4-11-22(15)19(23)20-16-6-8-17(9-7-16)25-14-18-5-3-12-24-18/h3,5-9,12,15H,4,10-11,13-14H2,1-2H3,(H,20,23)/t15-/m0/s1. The molecule has 0 unspecified atom stereocenters. The maximum Gasteiger partial charge on any atom is 0.322 e. The zero-order valence-corrected chi connectivity index (χ0v) is 14.8. The Morgan fingerprint density at radius 3 is 2.80 bits per heavy atom. The first-order valence-electron chi connectivity index (χ1n) is 8.63. The second-order valence-corrected chi connectivity index (χ2v) is 6.48. The lowest BCUT2D eigenvalue weighted by molar-refractivity contribution is 0.190. The van der Waals surface area contributed by atoms with Gasteiger partial charge in [0.15, 0.2) is 0 Å². The van der Waals surface area contributed by atoms with Crippen molar-refractivity contribution in [3.05, 3.63) is 48.4 Å². The van der Waals surface area contributed by atoms with E-state index in [1.54, 1.807) is 6.26 Å². The van der Waals surface area contributed by atoms with Crippen molar-refractivity contribution in [3.63, 3.8) is 0 Å². The molecular weight excluding hydrogens is 318 g/mol. The van der Waals surface area contributed by atoms with Gasteiger partial charge in [0, 0.05) is 24.8 Å². The monoisotopic (exact) mass is 343 g/mol. The highest BCUT2D eigenvalue weighted by Gasteiger charge is 2.23. The van der Waals surface area contributed by atoms with Gasteiger partial charge in [-0.05, 0) is 63.3 Å². The predicted molar refractivity (Wildman–Crippen MR) is 96.8 cm³/mol. The summed E-state index contributed by atoms with van der Waals surface area (Å²) >= 11 is 0. The van der Waals surface area contributed by atoms with Crippen molar-refractivity contribution in [3.8, 4) is 5.75 Å². The van der Waals surface area contributed by atoms with Crippen molar-refractivity contribution in [2.75, 3.05) is 32.0 Å². The first-order chi connectivity index (χ1) is 12.1. The van der Waals surface area contributed by atoms with Gasteiger partial charge in [-0.1, -0.05) is 0 Å². The molecule has 0 aliphatic carbocycles. The smallest absolute Gasteiger partial charge is 0.322 e. The number of nitrogens with zero attached hydrogens (tertiary/aromatic N) is 2. The highest BCUT2D eigenvalue weighted by Crippen LogP contribution is 2.18. The number of urea groups is 1. The summed E-state index contributed by atoms with van der Waals surface area (Å²) in [6.45, 7) is 5.18. The van der Waals surface area contributed by atoms with E-state index in [9.17, 15) is 4.79 Å². The Balaban J connectivity index is 1.54. The minimum Gasteiger partial charge on any atom is -0.486 e. The summed E-state index contributed by atoms with van der Waals surface area (Å²) in [5.41, 5.74) is 0.764. The molecule has 6 nitrogen and oxygen atoms in total. The van der Waals surface area contributed by atoms with Crippen molar-refractivity contribution in [1.82, 2.24) is 9.80 Å². The summed E-state index contributed by atoms with van der Waals surface area (Å²) < 4.78 is 10.9. The largest absolute Gasteiger partial charge is 0.486 e. The van der Waals surface area contributed by atoms with Gasteiger partial charge < -0.3 is 24.3 Å². The summed E-state index contributed by atoms with van der Waals surface area (Å²) in [4.78, 5) is 16.7. The van der Waals surface area contributed by atoms with Crippen LogP contribution in [0.15, 0.2) is 47.1 Å². The molecule has 1 aliphatic heterocycles. The molecule has 134 valence electrons. The second-order valence-electron chi connectivity index (χ2n) is 6.48. The van der Waals surface area contributed by atoms with Gasteiger partial charge in [0.05, 0.1) is 6.26 Å². The Morgan fingerprint density at radius 2 is 2.08 bits per heavy atom. The molecule has 1 saturated heterocycles. The number of nitrogens with one attached hydrogen (secondary N) is 1. The van der Waals surface area contributed by atoms with Crippen LogP contribution in [0.25, 0.3) is 0 Å². The molecule has 1 fully saturated rings. The Bertz CT molecular complexity index is 670. The van der Waals surface area contributed by atoms with Crippen LogP contribution in [0.5, 0.6) is 5.75 Å². The highest BCUT2D eigenvalue weighted by atomic mass is 16.5. The number of benzene rings is 1. The van der Waals surface area contributed by atoms with Crippen LogP contribution < -0.4 is 10.1 Å². The van der Waals surface area contributed by atoms with Gasteiger partial charge in [-0.2, -0.15) is 0 Å². The van der Waals surface area contributed by atoms with Gasteiger partial charge in [-0.3, -0.25) is 0 Å². The van der Waals surface area contributed by atoms with Crippen LogP contribution >= 0.6 is 0 Å². The second kappa shape index (κ2) is 8.07. The van der Waals surface area contributed by atoms with Gasteiger partial charge in [0.25, 0.3) is 0 Å². The zero-order chi connectivity index (χ0) is 17.6. The molecule has 2 amide bonds. The molecule has 0 radical (unpaired) electrons. The predicted octanol–water partition coefficient (Wildman–Crippen LogP) is 3.42. The Kier molecular flexibility index (Phi) is 5.60. The van der Waals surface area contributed by atoms with Crippen molar-refractivity contribution >= 4 is 11.7 Å². The van der Waals surface area contributed by atoms with E-state index >= 15 is 0 Å². The molecule has 3 rings (SSSR count). The maximum absolute atomic E-state index is 12.6. The number of amides is 2. The fourth-order valence-electron chi connectivity index (χ4n) is 3.05. The molecule has 25 heavy (non-hydrogen) atoms. The molecule has 1 aliphatic rings. The number of rotatable bonds is 4. The Hall–Kier alpha value is -2.47. The van der Waals surface area contributed by atoms with Crippen molar-refractivity contribution in [2.45, 2.75) is 26.0 Å². The van der Waals surface area contributed by atoms with Crippen LogP contribution in [-0.2, 0) is 6.61 Å². The van der Waals surface area contributed by atoms with Gasteiger partial charge in [0.1, 0.15) is 18.1 Å². The van der Waals surface area contributed by atoms with Crippen LogP contribution in [0.3, 0.4) is 0 Å². The summed E-state index contributed by atoms with van der Waals surface area (Å²) in [5, 5.41) is 2.98. The fourth-order valence-corrected chi connectivity index (χ4v) is 3.05. The summed E-state index contributed by atoms with van der Waals surface area (Å²) in [7, 11) is 2.10. The average Bonchev–Trinajstić information content (AvgIpc) is 3.05. The molecule has 0 bridgehead atoms. The third-order valence-corrected chi connectivity index (χ3v) is 4.37. The van der Waals surface area contributed by atoms with E-state index in [0.29, 0.717) is 6.61 Å². The number of hydrogen-bond donors (Lipinski definition) is 1. The van der Waals surface area contributed by atoms with E-state index in [4.69, 9.17) is 9.15 Å². The van der Waals surface area contributed by atoms with Gasteiger partial charge >= 0.3 is 6.03 Å². The van der Waals surface area contributed by atoms with Crippen LogP contribution in [0.2, 0.25) is 0 Å². The summed E-state index contributed by atoms with van der Waals surface area (Å²) in [6, 6.07) is 11.2. The molecular formula is C19H25N3O3. The zero-order valence-electron chi connectivity index (χ0n) is 14.8. The molecule has 0 spiro atoms. The van der Waals surface area contributed by atoms with Crippen molar-refractivity contribution < 1.29 is 13.9 Å². The summed E-state index contributed by atoms with van der Waals surface area (Å²) in [6.07, 6.45) is 2.62. The molecule has 1 aromatic carbocycles. The van der Waals surface area contributed by atoms with Crippen LogP contribution in [-0.4, -0.2) is 48.6 Å². The lowest BCUT2D eigenvalue weighted by Crippen LogP contribution is -2.44. The fraction of sp³-hybridized carbons (Fsp3) is 0.421. The topological polar surface area (TPSA) is 58.0 Å². The van der Waals surface area contributed by atoms with Crippen LogP contribution in [0, 0.1) is 0 Å². The van der Waals surface area contributed by atoms with E-state index in [1.165, 1.54) is 0 Å². The van der Waals surface area contributed by atoms with Crippen LogP contribution in [0.1, 0.15) is 19.1 Å². The van der Waals surface area contributed by atoms with E-state index < -0.39 is 0 Å². The Morgan fingerprint density at radius 1 is 1.28 bits per heavy atom. The normalized spacial score (nSPS) is 18.6. The molecule has 0 saturated carbocycles. The number of carbonyl (C=O) groups excluding carboxylic acids is 1. The number of likely N-dealkylation sites (N-methyl/N-ethyl adjacent to an activating group) is 1. The lowest BCUT2D eigenvalue weighted by atomic mass is 10.2. The molecule has 1 aromatic heterocycles. The minimum atomic E-state index is -0.0490. The number of ether oxygens (including phenoxy) is 1. The van der Waals surface area contributed by atoms with Gasteiger partial charge in [-0.25, -0.2) is 4.79 Å². The SMILES string of the molecule is C[C@H]1CN(C)CCCN1C(=O)Nc1ccc(OCc2ccco2)cc1. The van der Waals surface area contributed by atoms with E-state index in [1.807, 2.05) is 41.3 Å². The maximum atomic E-state index is 12.6. The number of furan rings is 1. The number of carbonyl (C=O) groups is 1. The van der Waals surface area contributed by atoms with Crippen molar-refractivity contribution in [2.24, 2.45) is 0 Å². The first-order valence-corrected chi connectivity index (χ1v) is 8.63. The third-order valence-electron chi connectivity index (χ3n) is 4.37. The van der Waals surface area contributed by atoms with Crippen LogP contribution in [0.4, 0.5) is 10.5 Å². The molecule has 2 aromatic rings. The third kappa shape index (κ3) is 4.76. The average molecular weight is 343 g/mol. The van der Waals surface area contributed by atoms with Crippen molar-refractivity contribution in [1.29, 1.82) is 0 Å². The molecule has 2 heterocycles. The minimum absolute atomic E-state index is 0.0490. The van der Waals surface area contributed by atoms with E-state index in [-0.39, 0.29) is 12.1 Å².